The molecule has 0 aliphatic heterocycles. The molecule has 2 rings (SSSR count). The van der Waals surface area contributed by atoms with Gasteiger partial charge in [-0.25, -0.2) is 0 Å². The van der Waals surface area contributed by atoms with Crippen LogP contribution in [0.2, 0.25) is 0 Å². The highest BCUT2D eigenvalue weighted by molar-refractivity contribution is 6.49. The minimum Gasteiger partial charge on any atom is -0.380 e. The van der Waals surface area contributed by atoms with Crippen LogP contribution in [0, 0.1) is 0 Å². The van der Waals surface area contributed by atoms with Crippen LogP contribution in [0.3, 0.4) is 0 Å². The summed E-state index contributed by atoms with van der Waals surface area (Å²) in [6.07, 6.45) is 2.42. The molecule has 1 aliphatic carbocycles. The van der Waals surface area contributed by atoms with Crippen molar-refractivity contribution in [2.24, 2.45) is 0 Å². The summed E-state index contributed by atoms with van der Waals surface area (Å²) in [6, 6.07) is 6.68. The minimum absolute atomic E-state index is 0.0391. The van der Waals surface area contributed by atoms with Crippen molar-refractivity contribution >= 4 is 23.2 Å². The largest absolute Gasteiger partial charge is 0.380 e. The van der Waals surface area contributed by atoms with Crippen molar-refractivity contribution in [3.8, 4) is 0 Å². The summed E-state index contributed by atoms with van der Waals surface area (Å²) in [4.78, 5) is 24.2. The van der Waals surface area contributed by atoms with Gasteiger partial charge in [0.05, 0.1) is 0 Å². The van der Waals surface area contributed by atoms with Crippen molar-refractivity contribution in [3.63, 3.8) is 0 Å². The predicted octanol–water partition coefficient (Wildman–Crippen LogP) is 2.68. The van der Waals surface area contributed by atoms with Crippen molar-refractivity contribution in [2.75, 3.05) is 6.54 Å². The molecule has 4 heteroatoms. The van der Waals surface area contributed by atoms with Gasteiger partial charge < -0.3 is 5.32 Å². The zero-order valence-electron chi connectivity index (χ0n) is 9.70. The molecule has 18 heavy (non-hydrogen) atoms. The van der Waals surface area contributed by atoms with Gasteiger partial charge in [0, 0.05) is 17.7 Å². The average molecular weight is 262 g/mol. The monoisotopic (exact) mass is 261 g/mol. The molecular formula is C14H12ClNO2. The molecule has 0 atom stereocenters. The fourth-order valence-corrected chi connectivity index (χ4v) is 2.06. The van der Waals surface area contributed by atoms with Crippen molar-refractivity contribution in [1.29, 1.82) is 0 Å². The van der Waals surface area contributed by atoms with Gasteiger partial charge in [0.25, 0.3) is 0 Å². The van der Waals surface area contributed by atoms with E-state index in [2.05, 4.69) is 11.9 Å². The highest BCUT2D eigenvalue weighted by Crippen LogP contribution is 2.26. The molecule has 1 N–H and O–H groups in total. The van der Waals surface area contributed by atoms with Crippen LogP contribution in [-0.2, 0) is 0 Å². The maximum absolute atomic E-state index is 12.2. The Morgan fingerprint density at radius 3 is 2.39 bits per heavy atom. The van der Waals surface area contributed by atoms with Crippen molar-refractivity contribution in [2.45, 2.75) is 6.42 Å². The molecule has 1 aromatic rings. The number of nitrogens with one attached hydrogen (secondary N) is 1. The number of hydrogen-bond donors (Lipinski definition) is 1. The van der Waals surface area contributed by atoms with E-state index in [4.69, 9.17) is 11.6 Å². The molecule has 0 fully saturated rings. The van der Waals surface area contributed by atoms with Crippen LogP contribution in [0.1, 0.15) is 27.1 Å². The van der Waals surface area contributed by atoms with Crippen LogP contribution in [-0.4, -0.2) is 18.1 Å². The Kier molecular flexibility index (Phi) is 3.63. The van der Waals surface area contributed by atoms with E-state index in [0.717, 1.165) is 0 Å². The third-order valence-corrected chi connectivity index (χ3v) is 3.07. The zero-order chi connectivity index (χ0) is 13.1. The fraction of sp³-hybridized carbons (Fsp3) is 0.143. The lowest BCUT2D eigenvalue weighted by molar-refractivity contribution is 0.0975. The van der Waals surface area contributed by atoms with Gasteiger partial charge in [0.15, 0.2) is 0 Å². The lowest BCUT2D eigenvalue weighted by atomic mass is 9.92. The van der Waals surface area contributed by atoms with E-state index in [-0.39, 0.29) is 22.3 Å². The molecule has 0 spiro atoms. The number of carbonyl (C=O) groups excluding carboxylic acids is 2. The summed E-state index contributed by atoms with van der Waals surface area (Å²) in [6.45, 7) is 4.12. The van der Waals surface area contributed by atoms with Gasteiger partial charge in [0.1, 0.15) is 10.7 Å². The maximum Gasteiger partial charge on any atom is 0.211 e. The summed E-state index contributed by atoms with van der Waals surface area (Å²) in [5.74, 6) is -0.549. The summed E-state index contributed by atoms with van der Waals surface area (Å²) in [5.41, 5.74) is 0.942. The van der Waals surface area contributed by atoms with Gasteiger partial charge in [-0.1, -0.05) is 41.9 Å². The first-order valence-electron chi connectivity index (χ1n) is 5.59. The molecule has 3 nitrogen and oxygen atoms in total. The molecule has 0 aromatic heterocycles. The molecule has 1 aromatic carbocycles. The Morgan fingerprint density at radius 1 is 1.17 bits per heavy atom. The Hall–Kier alpha value is -1.87. The summed E-state index contributed by atoms with van der Waals surface area (Å²) in [5, 5.41) is 2.86. The predicted molar refractivity (Wildman–Crippen MR) is 70.8 cm³/mol. The second-order valence-corrected chi connectivity index (χ2v) is 4.27. The molecule has 0 heterocycles. The molecule has 0 amide bonds. The van der Waals surface area contributed by atoms with Crippen molar-refractivity contribution in [1.82, 2.24) is 5.32 Å². The Balaban J connectivity index is 2.37. The third kappa shape index (κ3) is 2.09. The molecule has 0 radical (unpaired) electrons. The molecular weight excluding hydrogens is 250 g/mol. The molecule has 0 unspecified atom stereocenters. The lowest BCUT2D eigenvalue weighted by Crippen LogP contribution is -2.29. The van der Waals surface area contributed by atoms with E-state index < -0.39 is 0 Å². The van der Waals surface area contributed by atoms with Gasteiger partial charge in [-0.3, -0.25) is 9.59 Å². The highest BCUT2D eigenvalue weighted by Gasteiger charge is 2.30. The topological polar surface area (TPSA) is 46.2 Å². The number of hydrogen-bond acceptors (Lipinski definition) is 3. The van der Waals surface area contributed by atoms with Crippen molar-refractivity contribution < 1.29 is 9.59 Å². The summed E-state index contributed by atoms with van der Waals surface area (Å²) in [7, 11) is 0. The fourth-order valence-electron chi connectivity index (χ4n) is 1.80. The first-order chi connectivity index (χ1) is 8.66. The quantitative estimate of drug-likeness (QED) is 0.670. The van der Waals surface area contributed by atoms with Crippen LogP contribution in [0.15, 0.2) is 47.6 Å². The third-order valence-electron chi connectivity index (χ3n) is 2.71. The maximum atomic E-state index is 12.2. The second kappa shape index (κ2) is 5.19. The Morgan fingerprint density at radius 2 is 1.78 bits per heavy atom. The van der Waals surface area contributed by atoms with E-state index in [1.54, 1.807) is 30.3 Å². The minimum atomic E-state index is -0.312. The van der Waals surface area contributed by atoms with Crippen LogP contribution in [0.5, 0.6) is 0 Å². The van der Waals surface area contributed by atoms with Gasteiger partial charge in [-0.2, -0.15) is 0 Å². The van der Waals surface area contributed by atoms with Crippen molar-refractivity contribution in [3.05, 3.63) is 58.8 Å². The second-order valence-electron chi connectivity index (χ2n) is 3.90. The number of fused-ring (bicyclic) bond motifs is 1. The van der Waals surface area contributed by atoms with Gasteiger partial charge >= 0.3 is 0 Å². The number of benzene rings is 1. The Labute approximate surface area is 110 Å². The van der Waals surface area contributed by atoms with Crippen LogP contribution in [0.4, 0.5) is 0 Å². The molecule has 1 aliphatic rings. The van der Waals surface area contributed by atoms with E-state index in [1.165, 1.54) is 0 Å². The van der Waals surface area contributed by atoms with Gasteiger partial charge in [-0.05, 0) is 6.42 Å². The first kappa shape index (κ1) is 12.6. The summed E-state index contributed by atoms with van der Waals surface area (Å²) < 4.78 is 0. The molecule has 0 bridgehead atoms. The van der Waals surface area contributed by atoms with E-state index >= 15 is 0 Å². The number of rotatable bonds is 4. The first-order valence-corrected chi connectivity index (χ1v) is 5.97. The molecule has 0 saturated heterocycles. The van der Waals surface area contributed by atoms with E-state index in [1.807, 2.05) is 0 Å². The summed E-state index contributed by atoms with van der Waals surface area (Å²) >= 11 is 5.96. The number of halogens is 1. The normalized spacial score (nSPS) is 14.5. The number of carbonyl (C=O) groups is 2. The number of allylic oxidation sites excluding steroid dienone is 2. The van der Waals surface area contributed by atoms with Gasteiger partial charge in [0.2, 0.25) is 11.6 Å². The van der Waals surface area contributed by atoms with Crippen LogP contribution >= 0.6 is 11.6 Å². The van der Waals surface area contributed by atoms with E-state index in [9.17, 15) is 9.59 Å². The lowest BCUT2D eigenvalue weighted by Gasteiger charge is -2.18. The Bertz CT molecular complexity index is 561. The average Bonchev–Trinajstić information content (AvgIpc) is 2.40. The molecule has 0 saturated carbocycles. The highest BCUT2D eigenvalue weighted by atomic mass is 35.5. The van der Waals surface area contributed by atoms with Crippen LogP contribution < -0.4 is 5.32 Å². The van der Waals surface area contributed by atoms with Crippen LogP contribution in [0.25, 0.3) is 0 Å². The SMILES string of the molecule is C=CCCNC1=C(Cl)C(=O)c2ccccc2C1=O. The smallest absolute Gasteiger partial charge is 0.211 e. The zero-order valence-corrected chi connectivity index (χ0v) is 10.5. The number of ketones is 2. The van der Waals surface area contributed by atoms with Gasteiger partial charge in [-0.15, -0.1) is 6.58 Å². The number of Topliss-reactive ketones (excluding diaryl/α,β-unsaturated/α-hetero) is 2. The standard InChI is InChI=1S/C14H12ClNO2/c1-2-3-8-16-12-11(15)13(17)9-6-4-5-7-10(9)14(12)18/h2,4-7,16H,1,3,8H2. The molecule has 92 valence electrons. The van der Waals surface area contributed by atoms with E-state index in [0.29, 0.717) is 24.1 Å².